The van der Waals surface area contributed by atoms with Crippen LogP contribution in [0.15, 0.2) is 78.9 Å². The number of nitrogens with zero attached hydrogens (tertiary/aromatic N) is 2. The van der Waals surface area contributed by atoms with E-state index in [1.807, 2.05) is 0 Å². The van der Waals surface area contributed by atoms with Crippen LogP contribution in [0, 0.1) is 11.8 Å². The number of cyclic esters (lactones) is 1. The summed E-state index contributed by atoms with van der Waals surface area (Å²) in [6.07, 6.45) is -6.26. The number of aliphatic hydroxyl groups excluding tert-OH is 2. The molecule has 2 saturated heterocycles. The third-order valence-corrected chi connectivity index (χ3v) is 13.6. The van der Waals surface area contributed by atoms with Gasteiger partial charge in [-0.1, -0.05) is 88.7 Å². The van der Waals surface area contributed by atoms with E-state index in [0.717, 1.165) is 9.80 Å². The summed E-state index contributed by atoms with van der Waals surface area (Å²) >= 11 is 0. The molecule has 5 rings (SSSR count). The Balaban J connectivity index is 1.60. The van der Waals surface area contributed by atoms with E-state index in [1.165, 1.54) is 62.5 Å². The highest BCUT2D eigenvalue weighted by Gasteiger charge is 2.47. The molecule has 0 radical (unpaired) electrons. The minimum atomic E-state index is -1.91. The van der Waals surface area contributed by atoms with Gasteiger partial charge in [0.05, 0.1) is 0 Å². The smallest absolute Gasteiger partial charge is 0.329 e. The van der Waals surface area contributed by atoms with E-state index in [0.29, 0.717) is 23.1 Å². The van der Waals surface area contributed by atoms with Gasteiger partial charge in [-0.3, -0.25) is 38.4 Å². The van der Waals surface area contributed by atoms with Crippen molar-refractivity contribution in [3.8, 4) is 11.5 Å². The first-order chi connectivity index (χ1) is 35.5. The van der Waals surface area contributed by atoms with Crippen LogP contribution in [-0.2, 0) is 67.2 Å². The fourth-order valence-electron chi connectivity index (χ4n) is 8.97. The number of aromatic hydroxyl groups is 2. The van der Waals surface area contributed by atoms with Crippen molar-refractivity contribution in [1.82, 2.24) is 36.4 Å². The van der Waals surface area contributed by atoms with Gasteiger partial charge in [0, 0.05) is 32.7 Å². The molecule has 22 nitrogen and oxygen atoms in total. The molecule has 75 heavy (non-hydrogen) atoms. The molecule has 2 aliphatic heterocycles. The van der Waals surface area contributed by atoms with Gasteiger partial charge in [0.15, 0.2) is 0 Å². The lowest BCUT2D eigenvalue weighted by atomic mass is 9.93. The van der Waals surface area contributed by atoms with Crippen LogP contribution in [0.5, 0.6) is 11.5 Å². The Bertz CT molecular complexity index is 2510. The number of carbonyl (C=O) groups is 9. The summed E-state index contributed by atoms with van der Waals surface area (Å²) in [5.74, 6) is -9.96. The van der Waals surface area contributed by atoms with Gasteiger partial charge < -0.3 is 67.3 Å². The zero-order chi connectivity index (χ0) is 55.3. The van der Waals surface area contributed by atoms with Crippen molar-refractivity contribution in [3.63, 3.8) is 0 Å². The molecule has 0 aliphatic carbocycles. The normalized spacial score (nSPS) is 24.5. The van der Waals surface area contributed by atoms with Crippen LogP contribution in [0.4, 0.5) is 0 Å². The summed E-state index contributed by atoms with van der Waals surface area (Å²) < 4.78 is 5.95. The number of amides is 8. The van der Waals surface area contributed by atoms with E-state index in [4.69, 9.17) is 10.5 Å². The van der Waals surface area contributed by atoms with E-state index < -0.39 is 139 Å². The van der Waals surface area contributed by atoms with Crippen molar-refractivity contribution in [2.75, 3.05) is 7.05 Å². The Morgan fingerprint density at radius 3 is 1.96 bits per heavy atom. The van der Waals surface area contributed by atoms with Gasteiger partial charge in [-0.2, -0.15) is 0 Å². The third-order valence-electron chi connectivity index (χ3n) is 13.6. The van der Waals surface area contributed by atoms with Crippen LogP contribution in [0.25, 0.3) is 0 Å². The molecule has 0 aromatic heterocycles. The van der Waals surface area contributed by atoms with Crippen LogP contribution in [0.1, 0.15) is 83.4 Å². The van der Waals surface area contributed by atoms with Gasteiger partial charge in [0.25, 0.3) is 0 Å². The van der Waals surface area contributed by atoms with Gasteiger partial charge in [-0.05, 0) is 79.0 Å². The van der Waals surface area contributed by atoms with Crippen molar-refractivity contribution in [3.05, 3.63) is 95.6 Å². The van der Waals surface area contributed by atoms with Gasteiger partial charge in [0.2, 0.25) is 47.3 Å². The van der Waals surface area contributed by atoms with Crippen LogP contribution in [0.2, 0.25) is 0 Å². The fourth-order valence-corrected chi connectivity index (χ4v) is 8.97. The highest BCUT2D eigenvalue weighted by Crippen LogP contribution is 2.27. The number of primary amides is 1. The monoisotopic (exact) mass is 1040 g/mol. The summed E-state index contributed by atoms with van der Waals surface area (Å²) in [7, 11) is 1.38. The zero-order valence-electron chi connectivity index (χ0n) is 42.9. The van der Waals surface area contributed by atoms with E-state index in [9.17, 15) is 63.6 Å². The van der Waals surface area contributed by atoms with E-state index in [2.05, 4.69) is 26.6 Å². The molecule has 11 N–H and O–H groups in total. The maximum Gasteiger partial charge on any atom is 0.329 e. The van der Waals surface area contributed by atoms with E-state index >= 15 is 0 Å². The molecule has 2 aliphatic rings. The van der Waals surface area contributed by atoms with Gasteiger partial charge in [0.1, 0.15) is 72.2 Å². The number of phenolic OH excluding ortho intramolecular Hbond substituents is 2. The van der Waals surface area contributed by atoms with Crippen LogP contribution in [-0.4, -0.2) is 151 Å². The molecule has 22 heteroatoms. The quantitative estimate of drug-likeness (QED) is 0.0843. The number of hydrogen-bond donors (Lipinski definition) is 10. The first kappa shape index (κ1) is 58.3. The first-order valence-corrected chi connectivity index (χ1v) is 25.0. The molecule has 0 saturated carbocycles. The topological polar surface area (TPSA) is 336 Å². The number of nitrogens with two attached hydrogens (primary N) is 1. The second-order valence-corrected chi connectivity index (χ2v) is 19.6. The first-order valence-electron chi connectivity index (χ1n) is 25.0. The van der Waals surface area contributed by atoms with E-state index in [-0.39, 0.29) is 43.6 Å². The SMILES string of the molecule is CCC(C)C1NC(=O)C(Cc2ccccc2)N(C)C(=O)C(C(C)C)N2C(=O)C(CCC2O)NC(=O)C(Cc2ccc(O)cc2)NC(=O)C(NC(=O)C(CCC(N)=O)NC(=O)C(O)Cc2ccc(O)cc2)C(C)OC1=O. The Morgan fingerprint density at radius 2 is 1.37 bits per heavy atom. The lowest BCUT2D eigenvalue weighted by Crippen LogP contribution is -2.66. The van der Waals surface area contributed by atoms with Crippen molar-refractivity contribution < 1.29 is 68.3 Å². The molecule has 11 atom stereocenters. The Labute approximate surface area is 435 Å². The van der Waals surface area contributed by atoms with Crippen LogP contribution >= 0.6 is 0 Å². The summed E-state index contributed by atoms with van der Waals surface area (Å²) in [5, 5.41) is 55.0. The fraction of sp³-hybridized carbons (Fsp3) is 0.491. The molecule has 3 aromatic carbocycles. The van der Waals surface area contributed by atoms with Crippen molar-refractivity contribution in [2.24, 2.45) is 17.6 Å². The summed E-state index contributed by atoms with van der Waals surface area (Å²) in [5.41, 5.74) is 6.92. The highest BCUT2D eigenvalue weighted by atomic mass is 16.5. The number of ether oxygens (including phenoxy) is 1. The second kappa shape index (κ2) is 26.6. The number of rotatable bonds is 16. The van der Waals surface area contributed by atoms with Crippen molar-refractivity contribution in [1.29, 1.82) is 0 Å². The molecule has 406 valence electrons. The Hall–Kier alpha value is -7.59. The number of carbonyl (C=O) groups excluding carboxylic acids is 9. The molecule has 11 unspecified atom stereocenters. The largest absolute Gasteiger partial charge is 0.508 e. The van der Waals surface area contributed by atoms with Gasteiger partial charge >= 0.3 is 5.97 Å². The molecule has 0 spiro atoms. The predicted octanol–water partition coefficient (Wildman–Crippen LogP) is -0.0401. The number of nitrogens with one attached hydrogen (secondary N) is 5. The molecule has 2 bridgehead atoms. The van der Waals surface area contributed by atoms with Crippen LogP contribution < -0.4 is 32.3 Å². The maximum absolute atomic E-state index is 14.8. The lowest BCUT2D eigenvalue weighted by molar-refractivity contribution is -0.167. The Kier molecular flexibility index (Phi) is 20.7. The predicted molar refractivity (Wildman–Crippen MR) is 270 cm³/mol. The van der Waals surface area contributed by atoms with Gasteiger partial charge in [-0.15, -0.1) is 0 Å². The molecule has 2 heterocycles. The van der Waals surface area contributed by atoms with Crippen molar-refractivity contribution in [2.45, 2.75) is 147 Å². The number of likely N-dealkylation sites (N-methyl/N-ethyl adjacent to an activating group) is 1. The number of fused-ring (bicyclic) bond motifs is 2. The number of aliphatic hydroxyl groups is 2. The van der Waals surface area contributed by atoms with Crippen LogP contribution in [0.3, 0.4) is 0 Å². The molecule has 2 fully saturated rings. The number of esters is 1. The standard InChI is InChI=1S/C53H70N8O14/c1-7-29(4)43-53(74)75-30(5)44(59-46(67)36(21-23-41(54)65)55-49(70)40(64)27-33-15-19-35(63)20-16-33)50(71)57-38(25-32-13-17-34(62)18-14-32)47(68)56-37-22-24-42(66)61(51(37)72)45(28(2)3)52(73)60(6)39(48(69)58-43)26-31-11-9-8-10-12-31/h8-20,28-30,36-40,42-45,62-64,66H,7,21-27H2,1-6H3,(H2,54,65)(H,55,70)(H,56,68)(H,57,71)(H,58,69)(H,59,67). The molecular weight excluding hydrogens is 973 g/mol. The zero-order valence-corrected chi connectivity index (χ0v) is 42.9. The van der Waals surface area contributed by atoms with Gasteiger partial charge in [-0.25, -0.2) is 4.79 Å². The number of piperidine rings is 1. The summed E-state index contributed by atoms with van der Waals surface area (Å²) in [6, 6.07) is 9.38. The number of phenols is 2. The molecular formula is C53H70N8O14. The number of hydrogen-bond acceptors (Lipinski definition) is 14. The third kappa shape index (κ3) is 15.7. The number of benzene rings is 3. The summed E-state index contributed by atoms with van der Waals surface area (Å²) in [6.45, 7) is 7.98. The lowest BCUT2D eigenvalue weighted by Gasteiger charge is -2.44. The maximum atomic E-state index is 14.8. The highest BCUT2D eigenvalue weighted by molar-refractivity contribution is 5.98. The average molecular weight is 1040 g/mol. The summed E-state index contributed by atoms with van der Waals surface area (Å²) in [4.78, 5) is 130. The minimum Gasteiger partial charge on any atom is -0.508 e. The average Bonchev–Trinajstić information content (AvgIpc) is 3.37. The molecule has 8 amide bonds. The molecule has 3 aromatic rings. The minimum absolute atomic E-state index is 0.0588. The second-order valence-electron chi connectivity index (χ2n) is 19.6. The van der Waals surface area contributed by atoms with Crippen molar-refractivity contribution >= 4 is 53.2 Å². The Morgan fingerprint density at radius 1 is 0.773 bits per heavy atom. The van der Waals surface area contributed by atoms with E-state index in [1.54, 1.807) is 58.0 Å².